The fourth-order valence-electron chi connectivity index (χ4n) is 2.60. The van der Waals surface area contributed by atoms with Crippen molar-refractivity contribution in [1.82, 2.24) is 19.8 Å². The number of aromatic nitrogens is 2. The standard InChI is InChI=1S/C17H16F3N5O2/c18-17(19,20)12-1-3-13(4-2-12)22-16-21-6-5-14(23-16)15(27)25-9-7-24(11-26)8-10-25/h1-6,11H,7-10H2,(H,21,22,23). The fourth-order valence-corrected chi connectivity index (χ4v) is 2.60. The van der Waals surface area contributed by atoms with Gasteiger partial charge in [0.05, 0.1) is 5.56 Å². The molecule has 0 atom stereocenters. The molecule has 10 heteroatoms. The number of carbonyl (C=O) groups is 2. The number of alkyl halides is 3. The Balaban J connectivity index is 1.68. The lowest BCUT2D eigenvalue weighted by molar-refractivity contribution is -0.137. The van der Waals surface area contributed by atoms with Crippen LogP contribution in [0.2, 0.25) is 0 Å². The normalized spacial score (nSPS) is 14.8. The van der Waals surface area contributed by atoms with Gasteiger partial charge in [0.25, 0.3) is 5.91 Å². The number of benzene rings is 1. The molecule has 1 fully saturated rings. The van der Waals surface area contributed by atoms with Crippen LogP contribution in [0.3, 0.4) is 0 Å². The van der Waals surface area contributed by atoms with Crippen LogP contribution >= 0.6 is 0 Å². The molecular weight excluding hydrogens is 363 g/mol. The van der Waals surface area contributed by atoms with E-state index in [1.165, 1.54) is 24.4 Å². The number of halogens is 3. The molecule has 1 N–H and O–H groups in total. The highest BCUT2D eigenvalue weighted by atomic mass is 19.4. The van der Waals surface area contributed by atoms with Crippen LogP contribution in [0.4, 0.5) is 24.8 Å². The molecule has 0 aliphatic carbocycles. The van der Waals surface area contributed by atoms with Crippen molar-refractivity contribution in [3.8, 4) is 0 Å². The zero-order chi connectivity index (χ0) is 19.4. The molecule has 0 unspecified atom stereocenters. The average molecular weight is 379 g/mol. The second-order valence-electron chi connectivity index (χ2n) is 5.90. The Labute approximate surface area is 152 Å². The lowest BCUT2D eigenvalue weighted by Crippen LogP contribution is -2.48. The molecule has 2 aromatic rings. The third kappa shape index (κ3) is 4.52. The Bertz CT molecular complexity index is 818. The van der Waals surface area contributed by atoms with E-state index in [1.54, 1.807) is 9.80 Å². The second-order valence-corrected chi connectivity index (χ2v) is 5.90. The highest BCUT2D eigenvalue weighted by molar-refractivity contribution is 5.92. The van der Waals surface area contributed by atoms with Gasteiger partial charge in [-0.25, -0.2) is 9.97 Å². The molecule has 2 amide bonds. The van der Waals surface area contributed by atoms with Crippen LogP contribution in [0, 0.1) is 0 Å². The zero-order valence-corrected chi connectivity index (χ0v) is 14.1. The summed E-state index contributed by atoms with van der Waals surface area (Å²) in [6, 6.07) is 5.89. The summed E-state index contributed by atoms with van der Waals surface area (Å²) in [5, 5.41) is 2.78. The summed E-state index contributed by atoms with van der Waals surface area (Å²) < 4.78 is 37.8. The molecule has 0 saturated carbocycles. The van der Waals surface area contributed by atoms with Gasteiger partial charge in [0.2, 0.25) is 12.4 Å². The SMILES string of the molecule is O=CN1CCN(C(=O)c2ccnc(Nc3ccc(C(F)(F)F)cc3)n2)CC1. The summed E-state index contributed by atoms with van der Waals surface area (Å²) >= 11 is 0. The van der Waals surface area contributed by atoms with Gasteiger partial charge >= 0.3 is 6.18 Å². The molecule has 1 saturated heterocycles. The first-order valence-corrected chi connectivity index (χ1v) is 8.13. The number of rotatable bonds is 4. The second kappa shape index (κ2) is 7.60. The zero-order valence-electron chi connectivity index (χ0n) is 14.1. The lowest BCUT2D eigenvalue weighted by atomic mass is 10.2. The van der Waals surface area contributed by atoms with Gasteiger partial charge in [-0.15, -0.1) is 0 Å². The highest BCUT2D eigenvalue weighted by Gasteiger charge is 2.30. The lowest BCUT2D eigenvalue weighted by Gasteiger charge is -2.32. The summed E-state index contributed by atoms with van der Waals surface area (Å²) in [5.41, 5.74) is -0.224. The maximum absolute atomic E-state index is 12.6. The first kappa shape index (κ1) is 18.6. The summed E-state index contributed by atoms with van der Waals surface area (Å²) in [6.07, 6.45) is -2.26. The third-order valence-corrected chi connectivity index (χ3v) is 4.09. The Kier molecular flexibility index (Phi) is 5.24. The molecule has 2 heterocycles. The van der Waals surface area contributed by atoms with E-state index in [4.69, 9.17) is 0 Å². The molecule has 0 spiro atoms. The van der Waals surface area contributed by atoms with E-state index < -0.39 is 11.7 Å². The van der Waals surface area contributed by atoms with Crippen molar-refractivity contribution in [1.29, 1.82) is 0 Å². The predicted molar refractivity (Wildman–Crippen MR) is 90.3 cm³/mol. The van der Waals surface area contributed by atoms with Crippen LogP contribution in [0.1, 0.15) is 16.1 Å². The smallest absolute Gasteiger partial charge is 0.342 e. The van der Waals surface area contributed by atoms with E-state index in [-0.39, 0.29) is 17.5 Å². The van der Waals surface area contributed by atoms with Crippen molar-refractivity contribution >= 4 is 24.0 Å². The molecule has 0 bridgehead atoms. The van der Waals surface area contributed by atoms with Gasteiger partial charge in [0, 0.05) is 38.1 Å². The predicted octanol–water partition coefficient (Wildman–Crippen LogP) is 2.15. The van der Waals surface area contributed by atoms with Gasteiger partial charge in [-0.2, -0.15) is 13.2 Å². The van der Waals surface area contributed by atoms with Gasteiger partial charge in [-0.05, 0) is 30.3 Å². The first-order valence-electron chi connectivity index (χ1n) is 8.13. The molecule has 1 aliphatic heterocycles. The molecular formula is C17H16F3N5O2. The van der Waals surface area contributed by atoms with E-state index in [9.17, 15) is 22.8 Å². The Morgan fingerprint density at radius 1 is 1.07 bits per heavy atom. The van der Waals surface area contributed by atoms with Crippen LogP contribution in [0.5, 0.6) is 0 Å². The fraction of sp³-hybridized carbons (Fsp3) is 0.294. The van der Waals surface area contributed by atoms with Crippen LogP contribution < -0.4 is 5.32 Å². The molecule has 1 aromatic heterocycles. The van der Waals surface area contributed by atoms with Gasteiger partial charge in [0.15, 0.2) is 0 Å². The number of hydrogen-bond donors (Lipinski definition) is 1. The van der Waals surface area contributed by atoms with Crippen LogP contribution in [-0.2, 0) is 11.0 Å². The van der Waals surface area contributed by atoms with Gasteiger partial charge < -0.3 is 15.1 Å². The van der Waals surface area contributed by atoms with Gasteiger partial charge in [-0.3, -0.25) is 9.59 Å². The Morgan fingerprint density at radius 3 is 2.33 bits per heavy atom. The molecule has 0 radical (unpaired) electrons. The van der Waals surface area contributed by atoms with Gasteiger partial charge in [-0.1, -0.05) is 0 Å². The Hall–Kier alpha value is -3.17. The minimum atomic E-state index is -4.41. The molecule has 142 valence electrons. The third-order valence-electron chi connectivity index (χ3n) is 4.09. The summed E-state index contributed by atoms with van der Waals surface area (Å²) in [7, 11) is 0. The van der Waals surface area contributed by atoms with Crippen molar-refractivity contribution in [2.45, 2.75) is 6.18 Å². The van der Waals surface area contributed by atoms with E-state index in [2.05, 4.69) is 15.3 Å². The van der Waals surface area contributed by atoms with Crippen LogP contribution in [0.15, 0.2) is 36.5 Å². The largest absolute Gasteiger partial charge is 0.416 e. The summed E-state index contributed by atoms with van der Waals surface area (Å²) in [5.74, 6) is -0.189. The van der Waals surface area contributed by atoms with E-state index >= 15 is 0 Å². The minimum absolute atomic E-state index is 0.104. The first-order chi connectivity index (χ1) is 12.9. The number of piperazine rings is 1. The number of hydrogen-bond acceptors (Lipinski definition) is 5. The monoisotopic (exact) mass is 379 g/mol. The van der Waals surface area contributed by atoms with E-state index in [0.717, 1.165) is 18.5 Å². The van der Waals surface area contributed by atoms with Crippen molar-refractivity contribution in [3.63, 3.8) is 0 Å². The van der Waals surface area contributed by atoms with E-state index in [1.807, 2.05) is 0 Å². The average Bonchev–Trinajstić information content (AvgIpc) is 2.67. The summed E-state index contributed by atoms with van der Waals surface area (Å²) in [4.78, 5) is 34.6. The quantitative estimate of drug-likeness (QED) is 0.824. The van der Waals surface area contributed by atoms with E-state index in [0.29, 0.717) is 31.9 Å². The molecule has 1 aromatic carbocycles. The topological polar surface area (TPSA) is 78.4 Å². The Morgan fingerprint density at radius 2 is 1.74 bits per heavy atom. The molecule has 1 aliphatic rings. The number of nitrogens with one attached hydrogen (secondary N) is 1. The van der Waals surface area contributed by atoms with Gasteiger partial charge in [0.1, 0.15) is 5.69 Å². The molecule has 7 nitrogen and oxygen atoms in total. The maximum atomic E-state index is 12.6. The number of carbonyl (C=O) groups excluding carboxylic acids is 2. The van der Waals surface area contributed by atoms with Crippen LogP contribution in [-0.4, -0.2) is 58.3 Å². The van der Waals surface area contributed by atoms with Crippen molar-refractivity contribution in [3.05, 3.63) is 47.8 Å². The van der Waals surface area contributed by atoms with Crippen LogP contribution in [0.25, 0.3) is 0 Å². The van der Waals surface area contributed by atoms with Crippen molar-refractivity contribution in [2.75, 3.05) is 31.5 Å². The maximum Gasteiger partial charge on any atom is 0.416 e. The molecule has 27 heavy (non-hydrogen) atoms. The van der Waals surface area contributed by atoms with Crippen molar-refractivity contribution < 1.29 is 22.8 Å². The number of anilines is 2. The molecule has 3 rings (SSSR count). The number of amides is 2. The van der Waals surface area contributed by atoms with Crippen molar-refractivity contribution in [2.24, 2.45) is 0 Å². The summed E-state index contributed by atoms with van der Waals surface area (Å²) in [6.45, 7) is 1.72. The number of nitrogens with zero attached hydrogens (tertiary/aromatic N) is 4. The minimum Gasteiger partial charge on any atom is -0.342 e. The highest BCUT2D eigenvalue weighted by Crippen LogP contribution is 2.30.